The highest BCUT2D eigenvalue weighted by atomic mass is 16.5. The number of nitrogens with zero attached hydrogens (tertiary/aromatic N) is 3. The van der Waals surface area contributed by atoms with E-state index < -0.39 is 5.41 Å². The van der Waals surface area contributed by atoms with E-state index in [1.807, 2.05) is 42.5 Å². The molecule has 0 unspecified atom stereocenters. The second-order valence-electron chi connectivity index (χ2n) is 7.58. The van der Waals surface area contributed by atoms with Crippen LogP contribution in [0.1, 0.15) is 18.4 Å². The molecule has 0 atom stereocenters. The molecular formula is C24H25N3O4. The third-order valence-corrected chi connectivity index (χ3v) is 6.00. The van der Waals surface area contributed by atoms with Gasteiger partial charge in [0, 0.05) is 24.2 Å². The van der Waals surface area contributed by atoms with Crippen LogP contribution in [0.2, 0.25) is 0 Å². The Morgan fingerprint density at radius 2 is 1.77 bits per heavy atom. The molecule has 0 saturated carbocycles. The van der Waals surface area contributed by atoms with Gasteiger partial charge in [0.05, 0.1) is 37.2 Å². The van der Waals surface area contributed by atoms with Crippen LogP contribution >= 0.6 is 0 Å². The Kier molecular flexibility index (Phi) is 5.75. The molecular weight excluding hydrogens is 394 g/mol. The van der Waals surface area contributed by atoms with Gasteiger partial charge in [-0.2, -0.15) is 10.2 Å². The van der Waals surface area contributed by atoms with Crippen molar-refractivity contribution in [2.75, 3.05) is 32.2 Å². The van der Waals surface area contributed by atoms with E-state index in [1.54, 1.807) is 25.4 Å². The number of hydrogen-bond acceptors (Lipinski definition) is 7. The minimum Gasteiger partial charge on any atom is -0.507 e. The Labute approximate surface area is 181 Å². The standard InChI is InChI=1S/C24H25N3O4/c1-30-22-10-6-4-8-19(22)24(23(29)31-2)11-13-27(14-12-24)17-15-20(26-25-16-17)18-7-3-5-9-21(18)28/h3-10,15-16,28H,11-14H2,1-2H3. The second-order valence-corrected chi connectivity index (χ2v) is 7.58. The molecule has 160 valence electrons. The molecule has 0 radical (unpaired) electrons. The van der Waals surface area contributed by atoms with Gasteiger partial charge in [-0.25, -0.2) is 0 Å². The number of phenols is 1. The molecule has 1 fully saturated rings. The lowest BCUT2D eigenvalue weighted by Crippen LogP contribution is -2.48. The lowest BCUT2D eigenvalue weighted by atomic mass is 9.72. The number of benzene rings is 2. The van der Waals surface area contributed by atoms with Crippen LogP contribution in [0.5, 0.6) is 11.5 Å². The first-order valence-corrected chi connectivity index (χ1v) is 10.2. The van der Waals surface area contributed by atoms with Crippen molar-refractivity contribution in [2.45, 2.75) is 18.3 Å². The van der Waals surface area contributed by atoms with Crippen LogP contribution in [0.4, 0.5) is 5.69 Å². The minimum atomic E-state index is -0.765. The molecule has 0 spiro atoms. The molecule has 31 heavy (non-hydrogen) atoms. The van der Waals surface area contributed by atoms with E-state index in [4.69, 9.17) is 9.47 Å². The van der Waals surface area contributed by atoms with Crippen LogP contribution in [0.25, 0.3) is 11.3 Å². The smallest absolute Gasteiger partial charge is 0.316 e. The number of piperidine rings is 1. The zero-order chi connectivity index (χ0) is 21.8. The summed E-state index contributed by atoms with van der Waals surface area (Å²) in [6.07, 6.45) is 2.86. The van der Waals surface area contributed by atoms with Gasteiger partial charge < -0.3 is 19.5 Å². The van der Waals surface area contributed by atoms with E-state index in [0.717, 1.165) is 11.3 Å². The largest absolute Gasteiger partial charge is 0.507 e. The van der Waals surface area contributed by atoms with E-state index in [2.05, 4.69) is 15.1 Å². The SMILES string of the molecule is COC(=O)C1(c2ccccc2OC)CCN(c2cnnc(-c3ccccc3O)c2)CC1. The predicted octanol–water partition coefficient (Wildman–Crippen LogP) is 3.57. The van der Waals surface area contributed by atoms with Crippen molar-refractivity contribution in [3.63, 3.8) is 0 Å². The quantitative estimate of drug-likeness (QED) is 0.633. The normalized spacial score (nSPS) is 15.4. The number of phenolic OH excluding ortho intramolecular Hbond substituents is 1. The maximum Gasteiger partial charge on any atom is 0.316 e. The highest BCUT2D eigenvalue weighted by molar-refractivity contribution is 5.85. The maximum atomic E-state index is 12.9. The molecule has 0 aliphatic carbocycles. The van der Waals surface area contributed by atoms with Crippen LogP contribution in [0, 0.1) is 0 Å². The molecule has 0 amide bonds. The number of rotatable bonds is 5. The molecule has 1 aliphatic rings. The highest BCUT2D eigenvalue weighted by Gasteiger charge is 2.45. The summed E-state index contributed by atoms with van der Waals surface area (Å²) in [5.41, 5.74) is 2.22. The summed E-state index contributed by atoms with van der Waals surface area (Å²) in [7, 11) is 3.04. The van der Waals surface area contributed by atoms with E-state index in [-0.39, 0.29) is 11.7 Å². The van der Waals surface area contributed by atoms with Gasteiger partial charge in [0.2, 0.25) is 0 Å². The third-order valence-electron chi connectivity index (χ3n) is 6.00. The van der Waals surface area contributed by atoms with Crippen molar-refractivity contribution >= 4 is 11.7 Å². The fraction of sp³-hybridized carbons (Fsp3) is 0.292. The summed E-state index contributed by atoms with van der Waals surface area (Å²) in [6, 6.07) is 16.6. The van der Waals surface area contributed by atoms with Crippen molar-refractivity contribution in [2.24, 2.45) is 0 Å². The average molecular weight is 419 g/mol. The molecule has 2 heterocycles. The maximum absolute atomic E-state index is 12.9. The summed E-state index contributed by atoms with van der Waals surface area (Å²) in [5.74, 6) is 0.599. The molecule has 0 bridgehead atoms. The number of aromatic hydroxyl groups is 1. The Bertz CT molecular complexity index is 1080. The lowest BCUT2D eigenvalue weighted by Gasteiger charge is -2.41. The number of anilines is 1. The summed E-state index contributed by atoms with van der Waals surface area (Å²) in [6.45, 7) is 1.28. The predicted molar refractivity (Wildman–Crippen MR) is 117 cm³/mol. The number of carbonyl (C=O) groups is 1. The van der Waals surface area contributed by atoms with Crippen LogP contribution in [0.3, 0.4) is 0 Å². The molecule has 1 aromatic heterocycles. The van der Waals surface area contributed by atoms with Crippen molar-refractivity contribution in [3.05, 3.63) is 66.4 Å². The van der Waals surface area contributed by atoms with Gasteiger partial charge in [-0.05, 0) is 37.1 Å². The van der Waals surface area contributed by atoms with Gasteiger partial charge >= 0.3 is 5.97 Å². The number of hydrogen-bond donors (Lipinski definition) is 1. The van der Waals surface area contributed by atoms with E-state index in [0.29, 0.717) is 42.9 Å². The number of aromatic nitrogens is 2. The number of para-hydroxylation sites is 2. The molecule has 4 rings (SSSR count). The van der Waals surface area contributed by atoms with Crippen molar-refractivity contribution in [1.82, 2.24) is 10.2 Å². The van der Waals surface area contributed by atoms with Gasteiger partial charge in [-0.3, -0.25) is 4.79 Å². The fourth-order valence-electron chi connectivity index (χ4n) is 4.32. The Morgan fingerprint density at radius 1 is 1.06 bits per heavy atom. The number of carbonyl (C=O) groups excluding carboxylic acids is 1. The van der Waals surface area contributed by atoms with Gasteiger partial charge in [-0.15, -0.1) is 0 Å². The molecule has 2 aromatic carbocycles. The fourth-order valence-corrected chi connectivity index (χ4v) is 4.32. The number of ether oxygens (including phenoxy) is 2. The average Bonchev–Trinajstić information content (AvgIpc) is 2.84. The summed E-state index contributed by atoms with van der Waals surface area (Å²) in [4.78, 5) is 15.1. The van der Waals surface area contributed by atoms with Gasteiger partial charge in [0.1, 0.15) is 11.5 Å². The Balaban J connectivity index is 1.62. The number of esters is 1. The van der Waals surface area contributed by atoms with Crippen LogP contribution in [0.15, 0.2) is 60.8 Å². The van der Waals surface area contributed by atoms with Gasteiger partial charge in [-0.1, -0.05) is 30.3 Å². The summed E-state index contributed by atoms with van der Waals surface area (Å²) < 4.78 is 10.8. The van der Waals surface area contributed by atoms with Gasteiger partial charge in [0.25, 0.3) is 0 Å². The van der Waals surface area contributed by atoms with Crippen molar-refractivity contribution in [1.29, 1.82) is 0 Å². The third kappa shape index (κ3) is 3.79. The molecule has 3 aromatic rings. The van der Waals surface area contributed by atoms with E-state index in [9.17, 15) is 9.90 Å². The summed E-state index contributed by atoms with van der Waals surface area (Å²) >= 11 is 0. The molecule has 1 N–H and O–H groups in total. The van der Waals surface area contributed by atoms with Gasteiger partial charge in [0.15, 0.2) is 0 Å². The zero-order valence-corrected chi connectivity index (χ0v) is 17.6. The first-order chi connectivity index (χ1) is 15.1. The Hall–Kier alpha value is -3.61. The monoisotopic (exact) mass is 419 g/mol. The van der Waals surface area contributed by atoms with E-state index >= 15 is 0 Å². The van der Waals surface area contributed by atoms with Crippen LogP contribution in [-0.4, -0.2) is 48.6 Å². The topological polar surface area (TPSA) is 84.8 Å². The second kappa shape index (κ2) is 8.63. The molecule has 1 aliphatic heterocycles. The molecule has 7 heteroatoms. The molecule has 1 saturated heterocycles. The minimum absolute atomic E-state index is 0.161. The number of methoxy groups -OCH3 is 2. The highest BCUT2D eigenvalue weighted by Crippen LogP contribution is 2.42. The Morgan fingerprint density at radius 3 is 2.48 bits per heavy atom. The summed E-state index contributed by atoms with van der Waals surface area (Å²) in [5, 5.41) is 18.5. The lowest BCUT2D eigenvalue weighted by molar-refractivity contribution is -0.148. The van der Waals surface area contributed by atoms with E-state index in [1.165, 1.54) is 7.11 Å². The zero-order valence-electron chi connectivity index (χ0n) is 17.6. The first-order valence-electron chi connectivity index (χ1n) is 10.2. The molecule has 7 nitrogen and oxygen atoms in total. The van der Waals surface area contributed by atoms with Crippen LogP contribution in [-0.2, 0) is 14.9 Å². The van der Waals surface area contributed by atoms with Crippen molar-refractivity contribution in [3.8, 4) is 22.8 Å². The van der Waals surface area contributed by atoms with Crippen LogP contribution < -0.4 is 9.64 Å². The van der Waals surface area contributed by atoms with Crippen molar-refractivity contribution < 1.29 is 19.4 Å². The first kappa shape index (κ1) is 20.7.